The van der Waals surface area contributed by atoms with Crippen molar-refractivity contribution in [2.75, 3.05) is 33.4 Å². The fourth-order valence-corrected chi connectivity index (χ4v) is 3.55. The number of hydrogen-bond donors (Lipinski definition) is 1. The average Bonchev–Trinajstić information content (AvgIpc) is 2.98. The van der Waals surface area contributed by atoms with E-state index in [4.69, 9.17) is 9.47 Å². The molecule has 0 bridgehead atoms. The normalized spacial score (nSPS) is 14.2. The summed E-state index contributed by atoms with van der Waals surface area (Å²) in [5, 5.41) is 0. The van der Waals surface area contributed by atoms with E-state index in [1.54, 1.807) is 25.7 Å². The largest absolute Gasteiger partial charge is 0.491 e. The van der Waals surface area contributed by atoms with E-state index in [9.17, 15) is 4.79 Å². The zero-order valence-electron chi connectivity index (χ0n) is 17.0. The molecule has 0 aliphatic carbocycles. The number of methoxy groups -OCH3 is 1. The van der Waals surface area contributed by atoms with Crippen molar-refractivity contribution >= 4 is 0 Å². The van der Waals surface area contributed by atoms with Gasteiger partial charge in [0.2, 0.25) is 0 Å². The molecule has 0 spiro atoms. The Morgan fingerprint density at radius 2 is 1.93 bits per heavy atom. The maximum absolute atomic E-state index is 12.6. The number of H-pyrrole nitrogens is 1. The van der Waals surface area contributed by atoms with Crippen LogP contribution in [0.1, 0.15) is 16.8 Å². The molecule has 8 heteroatoms. The number of hydrogen-bond acceptors (Lipinski definition) is 7. The molecule has 3 heterocycles. The molecule has 1 N–H and O–H groups in total. The first-order chi connectivity index (χ1) is 14.7. The Morgan fingerprint density at radius 3 is 2.70 bits per heavy atom. The molecule has 156 valence electrons. The molecular formula is C22H25N5O3. The van der Waals surface area contributed by atoms with E-state index in [0.717, 1.165) is 43.1 Å². The first-order valence-electron chi connectivity index (χ1n) is 10.0. The van der Waals surface area contributed by atoms with Gasteiger partial charge in [-0.05, 0) is 24.1 Å². The molecule has 4 rings (SSSR count). The quantitative estimate of drug-likeness (QED) is 0.598. The lowest BCUT2D eigenvalue weighted by Gasteiger charge is -2.19. The highest BCUT2D eigenvalue weighted by Crippen LogP contribution is 2.18. The minimum Gasteiger partial charge on any atom is -0.491 e. The summed E-state index contributed by atoms with van der Waals surface area (Å²) in [6, 6.07) is 8.13. The number of rotatable bonds is 7. The van der Waals surface area contributed by atoms with Crippen LogP contribution in [0.5, 0.6) is 5.75 Å². The third-order valence-corrected chi connectivity index (χ3v) is 5.14. The molecule has 8 nitrogen and oxygen atoms in total. The van der Waals surface area contributed by atoms with Gasteiger partial charge in [0.05, 0.1) is 18.5 Å². The molecule has 0 unspecified atom stereocenters. The summed E-state index contributed by atoms with van der Waals surface area (Å²) in [7, 11) is 1.66. The first kappa shape index (κ1) is 20.2. The summed E-state index contributed by atoms with van der Waals surface area (Å²) in [5.41, 5.74) is 3.32. The summed E-state index contributed by atoms with van der Waals surface area (Å²) in [5.74, 6) is 1.32. The van der Waals surface area contributed by atoms with Crippen LogP contribution in [0.25, 0.3) is 11.5 Å². The zero-order chi connectivity index (χ0) is 20.8. The van der Waals surface area contributed by atoms with Crippen LogP contribution >= 0.6 is 0 Å². The number of aromatic nitrogens is 4. The SMILES string of the molecule is COCCOc1ccc(CN2CCc3nc(-c4cnccn4)[nH]c(=O)c3CC2)cc1. The number of benzene rings is 1. The highest BCUT2D eigenvalue weighted by Gasteiger charge is 2.19. The molecule has 3 aromatic rings. The number of aromatic amines is 1. The third-order valence-electron chi connectivity index (χ3n) is 5.14. The molecule has 2 aromatic heterocycles. The Morgan fingerprint density at radius 1 is 1.10 bits per heavy atom. The van der Waals surface area contributed by atoms with Gasteiger partial charge < -0.3 is 14.5 Å². The van der Waals surface area contributed by atoms with E-state index in [1.165, 1.54) is 5.56 Å². The van der Waals surface area contributed by atoms with Crippen LogP contribution in [0.3, 0.4) is 0 Å². The van der Waals surface area contributed by atoms with Gasteiger partial charge in [0, 0.05) is 51.1 Å². The van der Waals surface area contributed by atoms with Gasteiger partial charge in [-0.15, -0.1) is 0 Å². The second kappa shape index (κ2) is 9.60. The lowest BCUT2D eigenvalue weighted by molar-refractivity contribution is 0.146. The molecule has 1 aliphatic rings. The van der Waals surface area contributed by atoms with Gasteiger partial charge in [-0.2, -0.15) is 0 Å². The van der Waals surface area contributed by atoms with Crippen molar-refractivity contribution in [1.29, 1.82) is 0 Å². The highest BCUT2D eigenvalue weighted by atomic mass is 16.5. The third kappa shape index (κ3) is 4.90. The van der Waals surface area contributed by atoms with Gasteiger partial charge in [0.15, 0.2) is 5.82 Å². The van der Waals surface area contributed by atoms with Crippen LogP contribution in [0.4, 0.5) is 0 Å². The van der Waals surface area contributed by atoms with Crippen molar-refractivity contribution in [3.63, 3.8) is 0 Å². The molecule has 0 saturated carbocycles. The van der Waals surface area contributed by atoms with Gasteiger partial charge in [0.1, 0.15) is 18.1 Å². The lowest BCUT2D eigenvalue weighted by atomic mass is 10.1. The van der Waals surface area contributed by atoms with Crippen molar-refractivity contribution in [2.45, 2.75) is 19.4 Å². The van der Waals surface area contributed by atoms with Gasteiger partial charge in [-0.3, -0.25) is 14.7 Å². The molecule has 0 saturated heterocycles. The van der Waals surface area contributed by atoms with Crippen LogP contribution in [0.2, 0.25) is 0 Å². The van der Waals surface area contributed by atoms with Gasteiger partial charge in [-0.25, -0.2) is 9.97 Å². The Hall–Kier alpha value is -3.10. The maximum Gasteiger partial charge on any atom is 0.254 e. The number of fused-ring (bicyclic) bond motifs is 1. The summed E-state index contributed by atoms with van der Waals surface area (Å²) < 4.78 is 10.6. The average molecular weight is 407 g/mol. The fourth-order valence-electron chi connectivity index (χ4n) is 3.55. The maximum atomic E-state index is 12.6. The predicted octanol–water partition coefficient (Wildman–Crippen LogP) is 1.85. The van der Waals surface area contributed by atoms with Crippen LogP contribution < -0.4 is 10.3 Å². The van der Waals surface area contributed by atoms with Crippen LogP contribution in [0.15, 0.2) is 47.7 Å². The van der Waals surface area contributed by atoms with Crippen LogP contribution in [0, 0.1) is 0 Å². The first-order valence-corrected chi connectivity index (χ1v) is 10.0. The number of nitrogens with zero attached hydrogens (tertiary/aromatic N) is 4. The van der Waals surface area contributed by atoms with Gasteiger partial charge in [0.25, 0.3) is 5.56 Å². The molecule has 1 aliphatic heterocycles. The Balaban J connectivity index is 1.42. The summed E-state index contributed by atoms with van der Waals surface area (Å²) in [4.78, 5) is 30.8. The van der Waals surface area contributed by atoms with E-state index in [0.29, 0.717) is 31.2 Å². The second-order valence-electron chi connectivity index (χ2n) is 7.19. The van der Waals surface area contributed by atoms with Crippen molar-refractivity contribution in [2.24, 2.45) is 0 Å². The Kier molecular flexibility index (Phi) is 6.46. The van der Waals surface area contributed by atoms with E-state index in [2.05, 4.69) is 37.0 Å². The zero-order valence-corrected chi connectivity index (χ0v) is 17.0. The minimum absolute atomic E-state index is 0.0833. The predicted molar refractivity (Wildman–Crippen MR) is 112 cm³/mol. The molecule has 1 aromatic carbocycles. The Bertz CT molecular complexity index is 1020. The fraction of sp³-hybridized carbons (Fsp3) is 0.364. The summed E-state index contributed by atoms with van der Waals surface area (Å²) >= 11 is 0. The molecule has 0 amide bonds. The van der Waals surface area contributed by atoms with Crippen molar-refractivity contribution < 1.29 is 9.47 Å². The van der Waals surface area contributed by atoms with Crippen LogP contribution in [-0.4, -0.2) is 58.2 Å². The standard InChI is InChI=1S/C22H25N5O3/c1-29-12-13-30-17-4-2-16(3-5-17)15-27-10-6-18-19(7-11-27)25-21(26-22(18)28)20-14-23-8-9-24-20/h2-5,8-9,14H,6-7,10-13,15H2,1H3,(H,25,26,28). The Labute approximate surface area is 174 Å². The smallest absolute Gasteiger partial charge is 0.254 e. The van der Waals surface area contributed by atoms with E-state index >= 15 is 0 Å². The molecule has 30 heavy (non-hydrogen) atoms. The molecule has 0 radical (unpaired) electrons. The summed E-state index contributed by atoms with van der Waals surface area (Å²) in [6.45, 7) is 3.59. The minimum atomic E-state index is -0.0833. The topological polar surface area (TPSA) is 93.2 Å². The van der Waals surface area contributed by atoms with E-state index < -0.39 is 0 Å². The monoisotopic (exact) mass is 407 g/mol. The van der Waals surface area contributed by atoms with Gasteiger partial charge >= 0.3 is 0 Å². The van der Waals surface area contributed by atoms with Crippen molar-refractivity contribution in [1.82, 2.24) is 24.8 Å². The van der Waals surface area contributed by atoms with E-state index in [-0.39, 0.29) is 5.56 Å². The number of ether oxygens (including phenoxy) is 2. The summed E-state index contributed by atoms with van der Waals surface area (Å²) in [6.07, 6.45) is 6.20. The van der Waals surface area contributed by atoms with Crippen molar-refractivity contribution in [3.05, 3.63) is 70.0 Å². The second-order valence-corrected chi connectivity index (χ2v) is 7.19. The highest BCUT2D eigenvalue weighted by molar-refractivity contribution is 5.47. The van der Waals surface area contributed by atoms with E-state index in [1.807, 2.05) is 12.1 Å². The molecule has 0 fully saturated rings. The van der Waals surface area contributed by atoms with Crippen molar-refractivity contribution in [3.8, 4) is 17.3 Å². The lowest BCUT2D eigenvalue weighted by Crippen LogP contribution is -2.26. The van der Waals surface area contributed by atoms with Gasteiger partial charge in [-0.1, -0.05) is 12.1 Å². The molecule has 0 atom stereocenters. The van der Waals surface area contributed by atoms with Crippen LogP contribution in [-0.2, 0) is 24.1 Å². The number of nitrogens with one attached hydrogen (secondary N) is 1. The molecular weight excluding hydrogens is 382 g/mol.